The molecule has 0 amide bonds. The van der Waals surface area contributed by atoms with Gasteiger partial charge in [0.1, 0.15) is 0 Å². The average molecular weight is 225 g/mol. The van der Waals surface area contributed by atoms with E-state index < -0.39 is 10.8 Å². The molecule has 15 heavy (non-hydrogen) atoms. The lowest BCUT2D eigenvalue weighted by atomic mass is 10.1. The third kappa shape index (κ3) is 3.43. The largest absolute Gasteiger partial charge is 0.327 e. The highest BCUT2D eigenvalue weighted by Gasteiger charge is 2.14. The third-order valence-corrected chi connectivity index (χ3v) is 4.18. The minimum atomic E-state index is -0.971. The van der Waals surface area contributed by atoms with E-state index in [4.69, 9.17) is 5.73 Å². The van der Waals surface area contributed by atoms with E-state index in [1.165, 1.54) is 0 Å². The van der Waals surface area contributed by atoms with Crippen LogP contribution in [0.5, 0.6) is 0 Å². The van der Waals surface area contributed by atoms with Gasteiger partial charge in [0.05, 0.1) is 10.8 Å². The molecule has 2 nitrogen and oxygen atoms in total. The smallest absolute Gasteiger partial charge is 0.0547 e. The summed E-state index contributed by atoms with van der Waals surface area (Å²) in [6.07, 6.45) is 0. The molecule has 0 radical (unpaired) electrons. The summed E-state index contributed by atoms with van der Waals surface area (Å²) in [7, 11) is -0.971. The van der Waals surface area contributed by atoms with Gasteiger partial charge in [-0.1, -0.05) is 32.0 Å². The first kappa shape index (κ1) is 12.4. The van der Waals surface area contributed by atoms with Gasteiger partial charge in [0, 0.05) is 16.7 Å². The maximum atomic E-state index is 12.0. The Labute approximate surface area is 94.3 Å². The van der Waals surface area contributed by atoms with Gasteiger partial charge < -0.3 is 5.73 Å². The molecule has 1 rings (SSSR count). The van der Waals surface area contributed by atoms with Crippen LogP contribution in [0, 0.1) is 12.8 Å². The highest BCUT2D eigenvalue weighted by atomic mass is 32.2. The second kappa shape index (κ2) is 5.42. The molecule has 0 aromatic heterocycles. The summed E-state index contributed by atoms with van der Waals surface area (Å²) < 4.78 is 12.0. The summed E-state index contributed by atoms with van der Waals surface area (Å²) in [5.74, 6) is 0.917. The van der Waals surface area contributed by atoms with Crippen molar-refractivity contribution in [3.8, 4) is 0 Å². The van der Waals surface area contributed by atoms with Crippen LogP contribution in [-0.2, 0) is 10.8 Å². The lowest BCUT2D eigenvalue weighted by Crippen LogP contribution is -2.32. The van der Waals surface area contributed by atoms with Crippen molar-refractivity contribution in [3.63, 3.8) is 0 Å². The number of benzene rings is 1. The summed E-state index contributed by atoms with van der Waals surface area (Å²) in [6, 6.07) is 7.78. The summed E-state index contributed by atoms with van der Waals surface area (Å²) in [5, 5.41) is 0. The van der Waals surface area contributed by atoms with Gasteiger partial charge in [0.15, 0.2) is 0 Å². The van der Waals surface area contributed by atoms with E-state index in [0.717, 1.165) is 10.5 Å². The van der Waals surface area contributed by atoms with Crippen LogP contribution >= 0.6 is 0 Å². The first-order valence-electron chi connectivity index (χ1n) is 5.22. The van der Waals surface area contributed by atoms with Crippen molar-refractivity contribution < 1.29 is 4.21 Å². The van der Waals surface area contributed by atoms with Crippen LogP contribution in [0.1, 0.15) is 19.4 Å². The van der Waals surface area contributed by atoms with Crippen molar-refractivity contribution in [1.29, 1.82) is 0 Å². The Kier molecular flexibility index (Phi) is 4.48. The molecule has 0 saturated carbocycles. The van der Waals surface area contributed by atoms with Gasteiger partial charge >= 0.3 is 0 Å². The van der Waals surface area contributed by atoms with Crippen LogP contribution in [0.3, 0.4) is 0 Å². The fourth-order valence-electron chi connectivity index (χ4n) is 1.27. The first-order chi connectivity index (χ1) is 7.02. The average Bonchev–Trinajstić information content (AvgIpc) is 2.18. The van der Waals surface area contributed by atoms with Gasteiger partial charge in [-0.2, -0.15) is 0 Å². The Morgan fingerprint density at radius 1 is 1.33 bits per heavy atom. The van der Waals surface area contributed by atoms with Crippen molar-refractivity contribution in [2.45, 2.75) is 31.7 Å². The molecular formula is C12H19NOS. The van der Waals surface area contributed by atoms with Crippen molar-refractivity contribution in [3.05, 3.63) is 29.8 Å². The minimum Gasteiger partial charge on any atom is -0.327 e. The summed E-state index contributed by atoms with van der Waals surface area (Å²) in [6.45, 7) is 6.09. The molecule has 0 aliphatic heterocycles. The monoisotopic (exact) mass is 225 g/mol. The van der Waals surface area contributed by atoms with Gasteiger partial charge in [-0.3, -0.25) is 4.21 Å². The van der Waals surface area contributed by atoms with Crippen LogP contribution in [0.25, 0.3) is 0 Å². The second-order valence-corrected chi connectivity index (χ2v) is 5.65. The van der Waals surface area contributed by atoms with Gasteiger partial charge in [0.25, 0.3) is 0 Å². The molecule has 0 fully saturated rings. The zero-order chi connectivity index (χ0) is 11.4. The van der Waals surface area contributed by atoms with Crippen molar-refractivity contribution in [2.75, 3.05) is 5.75 Å². The molecule has 2 unspecified atom stereocenters. The van der Waals surface area contributed by atoms with Crippen LogP contribution in [0.15, 0.2) is 29.2 Å². The molecule has 84 valence electrons. The van der Waals surface area contributed by atoms with Crippen LogP contribution < -0.4 is 5.73 Å². The fourth-order valence-corrected chi connectivity index (χ4v) is 2.84. The minimum absolute atomic E-state index is 0.00504. The molecule has 0 aliphatic rings. The number of hydrogen-bond acceptors (Lipinski definition) is 2. The SMILES string of the molecule is Cc1ccccc1S(=O)CC(N)C(C)C. The molecule has 2 atom stereocenters. The zero-order valence-electron chi connectivity index (χ0n) is 9.57. The van der Waals surface area contributed by atoms with Gasteiger partial charge in [-0.05, 0) is 24.5 Å². The predicted octanol–water partition coefficient (Wildman–Crippen LogP) is 2.09. The zero-order valence-corrected chi connectivity index (χ0v) is 10.4. The van der Waals surface area contributed by atoms with Crippen LogP contribution in [-0.4, -0.2) is 16.0 Å². The molecule has 0 heterocycles. The predicted molar refractivity (Wildman–Crippen MR) is 65.3 cm³/mol. The molecule has 3 heteroatoms. The topological polar surface area (TPSA) is 43.1 Å². The van der Waals surface area contributed by atoms with E-state index in [1.807, 2.05) is 31.2 Å². The third-order valence-electron chi connectivity index (χ3n) is 2.54. The molecule has 0 saturated heterocycles. The number of nitrogens with two attached hydrogens (primary N) is 1. The highest BCUT2D eigenvalue weighted by molar-refractivity contribution is 7.85. The van der Waals surface area contributed by atoms with E-state index in [-0.39, 0.29) is 6.04 Å². The lowest BCUT2D eigenvalue weighted by molar-refractivity contribution is 0.530. The molecule has 0 aliphatic carbocycles. The maximum absolute atomic E-state index is 12.0. The summed E-state index contributed by atoms with van der Waals surface area (Å²) in [5.41, 5.74) is 6.99. The van der Waals surface area contributed by atoms with Crippen molar-refractivity contribution >= 4 is 10.8 Å². The quantitative estimate of drug-likeness (QED) is 0.852. The maximum Gasteiger partial charge on any atom is 0.0547 e. The van der Waals surface area contributed by atoms with Gasteiger partial charge in [0.2, 0.25) is 0 Å². The van der Waals surface area contributed by atoms with E-state index in [1.54, 1.807) is 0 Å². The van der Waals surface area contributed by atoms with E-state index >= 15 is 0 Å². The van der Waals surface area contributed by atoms with Gasteiger partial charge in [-0.15, -0.1) is 0 Å². The van der Waals surface area contributed by atoms with E-state index in [0.29, 0.717) is 11.7 Å². The van der Waals surface area contributed by atoms with Gasteiger partial charge in [-0.25, -0.2) is 0 Å². The number of aryl methyl sites for hydroxylation is 1. The normalized spacial score (nSPS) is 15.3. The van der Waals surface area contributed by atoms with E-state index in [2.05, 4.69) is 13.8 Å². The number of rotatable bonds is 4. The fraction of sp³-hybridized carbons (Fsp3) is 0.500. The molecule has 0 bridgehead atoms. The first-order valence-corrected chi connectivity index (χ1v) is 6.54. The Morgan fingerprint density at radius 2 is 1.93 bits per heavy atom. The van der Waals surface area contributed by atoms with Crippen molar-refractivity contribution in [2.24, 2.45) is 11.7 Å². The highest BCUT2D eigenvalue weighted by Crippen LogP contribution is 2.14. The Morgan fingerprint density at radius 3 is 2.47 bits per heavy atom. The lowest BCUT2D eigenvalue weighted by Gasteiger charge is -2.15. The Hall–Kier alpha value is -0.670. The Bertz CT molecular complexity index is 349. The summed E-state index contributed by atoms with van der Waals surface area (Å²) >= 11 is 0. The second-order valence-electron chi connectivity index (χ2n) is 4.19. The molecule has 0 spiro atoms. The van der Waals surface area contributed by atoms with Crippen LogP contribution in [0.4, 0.5) is 0 Å². The molecule has 1 aromatic rings. The molecule has 1 aromatic carbocycles. The van der Waals surface area contributed by atoms with Crippen molar-refractivity contribution in [1.82, 2.24) is 0 Å². The standard InChI is InChI=1S/C12H19NOS/c1-9(2)11(13)8-15(14)12-7-5-4-6-10(12)3/h4-7,9,11H,8,13H2,1-3H3. The van der Waals surface area contributed by atoms with E-state index in [9.17, 15) is 4.21 Å². The Balaban J connectivity index is 2.74. The summed E-state index contributed by atoms with van der Waals surface area (Å²) in [4.78, 5) is 0.911. The number of hydrogen-bond donors (Lipinski definition) is 1. The van der Waals surface area contributed by atoms with Crippen LogP contribution in [0.2, 0.25) is 0 Å². The molecular weight excluding hydrogens is 206 g/mol. The molecule has 2 N–H and O–H groups in total.